The Kier molecular flexibility index (Phi) is 3.03. The molecule has 110 valence electrons. The Balaban J connectivity index is 1.63. The molecule has 0 N–H and O–H groups in total. The van der Waals surface area contributed by atoms with E-state index in [1.807, 2.05) is 38.8 Å². The molecule has 3 rings (SSSR count). The minimum atomic E-state index is -0.419. The molecule has 1 aliphatic carbocycles. The Labute approximate surface area is 119 Å². The number of carbonyl (C=O) groups is 1. The van der Waals surface area contributed by atoms with Gasteiger partial charge < -0.3 is 14.2 Å². The number of imidazole rings is 1. The minimum absolute atomic E-state index is 0.177. The molecule has 1 aromatic heterocycles. The van der Waals surface area contributed by atoms with Gasteiger partial charge >= 0.3 is 6.09 Å². The van der Waals surface area contributed by atoms with E-state index in [1.165, 1.54) is 0 Å². The van der Waals surface area contributed by atoms with Crippen molar-refractivity contribution in [3.8, 4) is 0 Å². The van der Waals surface area contributed by atoms with Gasteiger partial charge in [-0.25, -0.2) is 9.78 Å². The molecule has 0 unspecified atom stereocenters. The lowest BCUT2D eigenvalue weighted by molar-refractivity contribution is 0.0207. The number of amides is 1. The number of hydrogen-bond donors (Lipinski definition) is 0. The summed E-state index contributed by atoms with van der Waals surface area (Å²) < 4.78 is 7.72. The number of fused-ring (bicyclic) bond motifs is 1. The molecule has 1 saturated heterocycles. The van der Waals surface area contributed by atoms with Gasteiger partial charge in [-0.3, -0.25) is 0 Å². The minimum Gasteiger partial charge on any atom is -0.444 e. The number of rotatable bonds is 1. The number of carbonyl (C=O) groups excluding carboxylic acids is 1. The van der Waals surface area contributed by atoms with Gasteiger partial charge in [0.2, 0.25) is 0 Å². The zero-order valence-corrected chi connectivity index (χ0v) is 12.7. The van der Waals surface area contributed by atoms with Gasteiger partial charge in [0.15, 0.2) is 0 Å². The molecule has 5 nitrogen and oxygen atoms in total. The van der Waals surface area contributed by atoms with Crippen LogP contribution in [0.4, 0.5) is 4.79 Å². The predicted octanol–water partition coefficient (Wildman–Crippen LogP) is 2.62. The molecule has 0 spiro atoms. The molecule has 5 heteroatoms. The molecule has 0 radical (unpaired) electrons. The quantitative estimate of drug-likeness (QED) is 0.792. The number of likely N-dealkylation sites (tertiary alicyclic amines) is 1. The zero-order valence-electron chi connectivity index (χ0n) is 12.7. The molecule has 1 saturated carbocycles. The maximum atomic E-state index is 12.1. The van der Waals surface area contributed by atoms with Crippen LogP contribution in [0, 0.1) is 18.8 Å². The molecule has 0 aromatic carbocycles. The van der Waals surface area contributed by atoms with Crippen LogP contribution >= 0.6 is 0 Å². The zero-order chi connectivity index (χ0) is 14.5. The van der Waals surface area contributed by atoms with Crippen LogP contribution in [0.2, 0.25) is 0 Å². The van der Waals surface area contributed by atoms with Crippen LogP contribution in [0.15, 0.2) is 12.4 Å². The number of hydrogen-bond acceptors (Lipinski definition) is 3. The Hall–Kier alpha value is -1.52. The molecule has 0 bridgehead atoms. The lowest BCUT2D eigenvalue weighted by Crippen LogP contribution is -2.40. The van der Waals surface area contributed by atoms with Gasteiger partial charge in [-0.1, -0.05) is 0 Å². The van der Waals surface area contributed by atoms with E-state index in [4.69, 9.17) is 4.74 Å². The highest BCUT2D eigenvalue weighted by Gasteiger charge is 2.55. The first-order chi connectivity index (χ1) is 9.37. The van der Waals surface area contributed by atoms with E-state index in [9.17, 15) is 4.79 Å². The number of piperidine rings is 1. The number of ether oxygens (including phenoxy) is 1. The van der Waals surface area contributed by atoms with Gasteiger partial charge in [0, 0.05) is 37.4 Å². The van der Waals surface area contributed by atoms with E-state index in [-0.39, 0.29) is 6.09 Å². The summed E-state index contributed by atoms with van der Waals surface area (Å²) in [5, 5.41) is 0. The Bertz CT molecular complexity index is 517. The topological polar surface area (TPSA) is 47.4 Å². The van der Waals surface area contributed by atoms with E-state index in [0.29, 0.717) is 17.9 Å². The molecular weight excluding hydrogens is 254 g/mol. The van der Waals surface area contributed by atoms with Crippen LogP contribution in [0.1, 0.15) is 39.1 Å². The standard InChI is InChI=1S/C15H23N3O2/c1-10-16-6-8-18(10)13-11-5-7-17(9-12(11)13)14(19)20-15(2,3)4/h6,8,11-13H,5,7,9H2,1-4H3/t11-,12+,13+/m0/s1. The van der Waals surface area contributed by atoms with Gasteiger partial charge in [0.05, 0.1) is 0 Å². The summed E-state index contributed by atoms with van der Waals surface area (Å²) in [6.07, 6.45) is 4.79. The van der Waals surface area contributed by atoms with Crippen LogP contribution in [0.5, 0.6) is 0 Å². The summed E-state index contributed by atoms with van der Waals surface area (Å²) in [4.78, 5) is 18.3. The fraction of sp³-hybridized carbons (Fsp3) is 0.733. The predicted molar refractivity (Wildman–Crippen MR) is 75.4 cm³/mol. The third kappa shape index (κ3) is 2.41. The van der Waals surface area contributed by atoms with Crippen molar-refractivity contribution in [2.75, 3.05) is 13.1 Å². The Morgan fingerprint density at radius 3 is 2.75 bits per heavy atom. The van der Waals surface area contributed by atoms with E-state index in [1.54, 1.807) is 0 Å². The Morgan fingerprint density at radius 1 is 1.40 bits per heavy atom. The highest BCUT2D eigenvalue weighted by atomic mass is 16.6. The second kappa shape index (κ2) is 4.50. The summed E-state index contributed by atoms with van der Waals surface area (Å²) in [6.45, 7) is 9.38. The first-order valence-corrected chi connectivity index (χ1v) is 7.34. The third-order valence-corrected chi connectivity index (χ3v) is 4.29. The number of aryl methyl sites for hydroxylation is 1. The summed E-state index contributed by atoms with van der Waals surface area (Å²) >= 11 is 0. The smallest absolute Gasteiger partial charge is 0.410 e. The second-order valence-corrected chi connectivity index (χ2v) is 6.92. The average Bonchev–Trinajstić information content (AvgIpc) is 2.91. The van der Waals surface area contributed by atoms with Crippen molar-refractivity contribution in [2.24, 2.45) is 11.8 Å². The molecule has 2 aliphatic rings. The first-order valence-electron chi connectivity index (χ1n) is 7.34. The lowest BCUT2D eigenvalue weighted by atomic mass is 10.1. The molecule has 3 atom stereocenters. The summed E-state index contributed by atoms with van der Waals surface area (Å²) in [5.41, 5.74) is -0.419. The van der Waals surface area contributed by atoms with Crippen molar-refractivity contribution in [1.82, 2.24) is 14.5 Å². The molecule has 1 amide bonds. The SMILES string of the molecule is Cc1nccn1[C@H]1[C@@H]2CN(C(=O)OC(C)(C)C)CC[C@@H]21. The van der Waals surface area contributed by atoms with E-state index in [0.717, 1.165) is 25.3 Å². The highest BCUT2D eigenvalue weighted by molar-refractivity contribution is 5.68. The first kappa shape index (κ1) is 13.5. The average molecular weight is 277 g/mol. The fourth-order valence-corrected chi connectivity index (χ4v) is 3.31. The van der Waals surface area contributed by atoms with E-state index >= 15 is 0 Å². The summed E-state index contributed by atoms with van der Waals surface area (Å²) in [6, 6.07) is 0.518. The third-order valence-electron chi connectivity index (χ3n) is 4.29. The van der Waals surface area contributed by atoms with Crippen LogP contribution in [0.25, 0.3) is 0 Å². The van der Waals surface area contributed by atoms with E-state index in [2.05, 4.69) is 15.7 Å². The fourth-order valence-electron chi connectivity index (χ4n) is 3.31. The molecular formula is C15H23N3O2. The summed E-state index contributed by atoms with van der Waals surface area (Å²) in [5.74, 6) is 2.32. The molecule has 2 heterocycles. The van der Waals surface area contributed by atoms with Gasteiger partial charge in [0.1, 0.15) is 11.4 Å². The van der Waals surface area contributed by atoms with Gasteiger partial charge in [-0.15, -0.1) is 0 Å². The van der Waals surface area contributed by atoms with Crippen LogP contribution in [-0.2, 0) is 4.74 Å². The highest BCUT2D eigenvalue weighted by Crippen LogP contribution is 2.55. The van der Waals surface area contributed by atoms with Crippen molar-refractivity contribution >= 4 is 6.09 Å². The van der Waals surface area contributed by atoms with Crippen molar-refractivity contribution in [2.45, 2.75) is 45.8 Å². The van der Waals surface area contributed by atoms with Crippen molar-refractivity contribution in [3.05, 3.63) is 18.2 Å². The second-order valence-electron chi connectivity index (χ2n) is 6.92. The van der Waals surface area contributed by atoms with Crippen molar-refractivity contribution < 1.29 is 9.53 Å². The van der Waals surface area contributed by atoms with Crippen LogP contribution in [-0.4, -0.2) is 39.2 Å². The lowest BCUT2D eigenvalue weighted by Gasteiger charge is -2.29. The van der Waals surface area contributed by atoms with Crippen LogP contribution in [0.3, 0.4) is 0 Å². The maximum absolute atomic E-state index is 12.1. The van der Waals surface area contributed by atoms with Crippen LogP contribution < -0.4 is 0 Å². The normalized spacial score (nSPS) is 29.0. The van der Waals surface area contributed by atoms with Gasteiger partial charge in [0.25, 0.3) is 0 Å². The number of aromatic nitrogens is 2. The van der Waals surface area contributed by atoms with Crippen molar-refractivity contribution in [1.29, 1.82) is 0 Å². The maximum Gasteiger partial charge on any atom is 0.410 e. The monoisotopic (exact) mass is 277 g/mol. The van der Waals surface area contributed by atoms with Crippen molar-refractivity contribution in [3.63, 3.8) is 0 Å². The van der Waals surface area contributed by atoms with Gasteiger partial charge in [-0.2, -0.15) is 0 Å². The number of nitrogens with zero attached hydrogens (tertiary/aromatic N) is 3. The largest absolute Gasteiger partial charge is 0.444 e. The molecule has 20 heavy (non-hydrogen) atoms. The van der Waals surface area contributed by atoms with E-state index < -0.39 is 5.60 Å². The molecule has 1 aliphatic heterocycles. The molecule has 2 fully saturated rings. The molecule has 1 aromatic rings. The Morgan fingerprint density at radius 2 is 2.15 bits per heavy atom. The summed E-state index contributed by atoms with van der Waals surface area (Å²) in [7, 11) is 0. The van der Waals surface area contributed by atoms with Gasteiger partial charge in [-0.05, 0) is 40.0 Å².